The van der Waals surface area contributed by atoms with Crippen molar-refractivity contribution in [3.63, 3.8) is 0 Å². The van der Waals surface area contributed by atoms with Gasteiger partial charge in [0.2, 0.25) is 10.0 Å². The SMILES string of the molecule is Cl.[N-]=[N+]=NS(=O)(=O)CCN1CCOCC1. The summed E-state index contributed by atoms with van der Waals surface area (Å²) in [5.74, 6) is -0.128. The van der Waals surface area contributed by atoms with Crippen molar-refractivity contribution in [2.24, 2.45) is 4.52 Å². The summed E-state index contributed by atoms with van der Waals surface area (Å²) in [5, 5.41) is 0. The van der Waals surface area contributed by atoms with E-state index in [2.05, 4.69) is 9.43 Å². The van der Waals surface area contributed by atoms with Crippen molar-refractivity contribution in [3.05, 3.63) is 10.4 Å². The first-order chi connectivity index (χ1) is 6.64. The smallest absolute Gasteiger partial charge is 0.236 e. The molecule has 0 aromatic heterocycles. The van der Waals surface area contributed by atoms with E-state index in [1.54, 1.807) is 0 Å². The molecule has 0 aromatic rings. The first-order valence-corrected chi connectivity index (χ1v) is 5.84. The first kappa shape index (κ1) is 14.5. The van der Waals surface area contributed by atoms with Crippen LogP contribution in [0, 0.1) is 0 Å². The van der Waals surface area contributed by atoms with E-state index >= 15 is 0 Å². The van der Waals surface area contributed by atoms with E-state index in [1.807, 2.05) is 4.90 Å². The maximum atomic E-state index is 11.0. The summed E-state index contributed by atoms with van der Waals surface area (Å²) in [4.78, 5) is 4.23. The van der Waals surface area contributed by atoms with Crippen molar-refractivity contribution in [1.29, 1.82) is 0 Å². The molecule has 0 aliphatic carbocycles. The van der Waals surface area contributed by atoms with Crippen LogP contribution in [0.3, 0.4) is 0 Å². The fraction of sp³-hybridized carbons (Fsp3) is 1.00. The van der Waals surface area contributed by atoms with Crippen LogP contribution >= 0.6 is 12.4 Å². The summed E-state index contributed by atoms with van der Waals surface area (Å²) in [6.07, 6.45) is 0. The molecule has 0 aromatic carbocycles. The average molecular weight is 257 g/mol. The van der Waals surface area contributed by atoms with Crippen molar-refractivity contribution in [2.75, 3.05) is 38.6 Å². The third-order valence-electron chi connectivity index (χ3n) is 1.93. The number of ether oxygens (including phenoxy) is 1. The van der Waals surface area contributed by atoms with Crippen LogP contribution < -0.4 is 0 Å². The zero-order chi connectivity index (χ0) is 10.4. The van der Waals surface area contributed by atoms with Gasteiger partial charge in [-0.05, 0) is 5.53 Å². The lowest BCUT2D eigenvalue weighted by atomic mass is 10.4. The minimum atomic E-state index is -3.61. The summed E-state index contributed by atoms with van der Waals surface area (Å²) in [6.45, 7) is 3.10. The minimum Gasteiger partial charge on any atom is -0.379 e. The third-order valence-corrected chi connectivity index (χ3v) is 2.95. The summed E-state index contributed by atoms with van der Waals surface area (Å²) in [7, 11) is -3.61. The second kappa shape index (κ2) is 6.86. The number of azide groups is 1. The summed E-state index contributed by atoms with van der Waals surface area (Å²) >= 11 is 0. The Hall–Kier alpha value is -0.530. The van der Waals surface area contributed by atoms with E-state index in [4.69, 9.17) is 10.3 Å². The number of hydrogen-bond donors (Lipinski definition) is 0. The second-order valence-electron chi connectivity index (χ2n) is 2.91. The molecule has 0 N–H and O–H groups in total. The molecule has 9 heteroatoms. The number of rotatable bonds is 4. The van der Waals surface area contributed by atoms with Gasteiger partial charge < -0.3 is 4.74 Å². The number of halogens is 1. The molecule has 0 radical (unpaired) electrons. The molecule has 0 spiro atoms. The molecule has 88 valence electrons. The lowest BCUT2D eigenvalue weighted by Crippen LogP contribution is -2.38. The standard InChI is InChI=1S/C6H12N4O3S.ClH/c7-8-9-14(11,12)6-3-10-1-4-13-5-2-10;/h1-6H2;1H. The van der Waals surface area contributed by atoms with Crippen LogP contribution in [-0.4, -0.2) is 51.9 Å². The van der Waals surface area contributed by atoms with E-state index in [1.165, 1.54) is 0 Å². The van der Waals surface area contributed by atoms with Crippen molar-refractivity contribution in [3.8, 4) is 0 Å². The summed E-state index contributed by atoms with van der Waals surface area (Å²) in [5.41, 5.74) is 7.98. The van der Waals surface area contributed by atoms with Crippen LogP contribution in [0.2, 0.25) is 0 Å². The Morgan fingerprint density at radius 3 is 2.53 bits per heavy atom. The van der Waals surface area contributed by atoms with E-state index in [0.717, 1.165) is 13.1 Å². The molecular formula is C6H13ClN4O3S. The Morgan fingerprint density at radius 1 is 1.40 bits per heavy atom. The van der Waals surface area contributed by atoms with E-state index in [9.17, 15) is 8.42 Å². The Morgan fingerprint density at radius 2 is 2.00 bits per heavy atom. The molecule has 1 saturated heterocycles. The molecule has 15 heavy (non-hydrogen) atoms. The summed E-state index contributed by atoms with van der Waals surface area (Å²) < 4.78 is 29.8. The highest BCUT2D eigenvalue weighted by molar-refractivity contribution is 7.90. The summed E-state index contributed by atoms with van der Waals surface area (Å²) in [6, 6.07) is 0. The lowest BCUT2D eigenvalue weighted by Gasteiger charge is -2.25. The molecule has 0 saturated carbocycles. The molecule has 1 heterocycles. The molecule has 0 unspecified atom stereocenters. The maximum absolute atomic E-state index is 11.0. The van der Waals surface area contributed by atoms with Gasteiger partial charge in [0.05, 0.1) is 19.0 Å². The number of sulfonamides is 1. The Bertz CT molecular complexity index is 321. The Balaban J connectivity index is 0.00000196. The molecule has 1 aliphatic rings. The lowest BCUT2D eigenvalue weighted by molar-refractivity contribution is 0.0408. The second-order valence-corrected chi connectivity index (χ2v) is 4.65. The monoisotopic (exact) mass is 256 g/mol. The van der Waals surface area contributed by atoms with Gasteiger partial charge in [-0.15, -0.1) is 12.4 Å². The van der Waals surface area contributed by atoms with Gasteiger partial charge >= 0.3 is 0 Å². The average Bonchev–Trinajstić information content (AvgIpc) is 2.17. The van der Waals surface area contributed by atoms with Crippen LogP contribution in [0.4, 0.5) is 0 Å². The minimum absolute atomic E-state index is 0. The number of nitrogens with zero attached hydrogens (tertiary/aromatic N) is 4. The Kier molecular flexibility index (Phi) is 6.62. The number of morpholine rings is 1. The fourth-order valence-corrected chi connectivity index (χ4v) is 1.85. The van der Waals surface area contributed by atoms with Gasteiger partial charge in [-0.3, -0.25) is 4.90 Å². The first-order valence-electron chi connectivity index (χ1n) is 4.23. The van der Waals surface area contributed by atoms with Gasteiger partial charge in [0, 0.05) is 29.1 Å². The van der Waals surface area contributed by atoms with E-state index in [0.29, 0.717) is 19.8 Å². The number of hydrogen-bond acceptors (Lipinski definition) is 4. The van der Waals surface area contributed by atoms with Gasteiger partial charge in [-0.25, -0.2) is 8.42 Å². The molecule has 1 aliphatic heterocycles. The zero-order valence-corrected chi connectivity index (χ0v) is 9.71. The van der Waals surface area contributed by atoms with Crippen LogP contribution in [0.1, 0.15) is 0 Å². The van der Waals surface area contributed by atoms with Crippen molar-refractivity contribution in [2.45, 2.75) is 0 Å². The van der Waals surface area contributed by atoms with Crippen LogP contribution in [0.5, 0.6) is 0 Å². The zero-order valence-electron chi connectivity index (χ0n) is 8.07. The molecule has 0 atom stereocenters. The van der Waals surface area contributed by atoms with Gasteiger partial charge in [-0.1, -0.05) is 0 Å². The third kappa shape index (κ3) is 5.81. The van der Waals surface area contributed by atoms with Crippen molar-refractivity contribution in [1.82, 2.24) is 4.90 Å². The van der Waals surface area contributed by atoms with Gasteiger partial charge in [0.1, 0.15) is 0 Å². The molecule has 0 bridgehead atoms. The molecular weight excluding hydrogens is 244 g/mol. The Labute approximate surface area is 94.5 Å². The fourth-order valence-electron chi connectivity index (χ4n) is 1.17. The van der Waals surface area contributed by atoms with Gasteiger partial charge in [-0.2, -0.15) is 0 Å². The largest absolute Gasteiger partial charge is 0.379 e. The predicted molar refractivity (Wildman–Crippen MR) is 57.4 cm³/mol. The highest BCUT2D eigenvalue weighted by atomic mass is 35.5. The molecule has 1 fully saturated rings. The highest BCUT2D eigenvalue weighted by Crippen LogP contribution is 1.99. The van der Waals surface area contributed by atoms with Crippen LogP contribution in [0.15, 0.2) is 4.52 Å². The molecule has 0 amide bonds. The van der Waals surface area contributed by atoms with E-state index < -0.39 is 10.0 Å². The maximum Gasteiger partial charge on any atom is 0.236 e. The van der Waals surface area contributed by atoms with Crippen LogP contribution in [0.25, 0.3) is 10.4 Å². The molecule has 7 nitrogen and oxygen atoms in total. The van der Waals surface area contributed by atoms with Crippen LogP contribution in [-0.2, 0) is 14.8 Å². The normalized spacial score (nSPS) is 17.6. The van der Waals surface area contributed by atoms with Gasteiger partial charge in [0.15, 0.2) is 0 Å². The van der Waals surface area contributed by atoms with Crippen molar-refractivity contribution < 1.29 is 13.2 Å². The van der Waals surface area contributed by atoms with Crippen molar-refractivity contribution >= 4 is 22.4 Å². The highest BCUT2D eigenvalue weighted by Gasteiger charge is 2.14. The topological polar surface area (TPSA) is 95.4 Å². The molecule has 1 rings (SSSR count). The predicted octanol–water partition coefficient (Wildman–Crippen LogP) is 0.380. The van der Waals surface area contributed by atoms with Gasteiger partial charge in [0.25, 0.3) is 0 Å². The quantitative estimate of drug-likeness (QED) is 0.413. The van der Waals surface area contributed by atoms with E-state index in [-0.39, 0.29) is 18.2 Å².